The summed E-state index contributed by atoms with van der Waals surface area (Å²) in [5.74, 6) is 0.519. The summed E-state index contributed by atoms with van der Waals surface area (Å²) in [5, 5.41) is 2.93. The van der Waals surface area contributed by atoms with Gasteiger partial charge in [0, 0.05) is 25.3 Å². The number of nitrogens with one attached hydrogen (secondary N) is 1. The molecule has 0 aliphatic carbocycles. The second-order valence-corrected chi connectivity index (χ2v) is 5.27. The second-order valence-electron chi connectivity index (χ2n) is 5.27. The molecule has 0 radical (unpaired) electrons. The van der Waals surface area contributed by atoms with Crippen LogP contribution in [0.5, 0.6) is 0 Å². The number of carbonyl (C=O) groups excluding carboxylic acids is 1. The second kappa shape index (κ2) is 9.50. The van der Waals surface area contributed by atoms with Crippen LogP contribution in [0.3, 0.4) is 0 Å². The van der Waals surface area contributed by atoms with Gasteiger partial charge in [-0.15, -0.1) is 0 Å². The van der Waals surface area contributed by atoms with Crippen LogP contribution in [0.15, 0.2) is 24.3 Å². The number of hydrogen-bond acceptors (Lipinski definition) is 3. The Kier molecular flexibility index (Phi) is 7.92. The number of hydrogen-bond donors (Lipinski definition) is 2. The molecule has 0 atom stereocenters. The van der Waals surface area contributed by atoms with E-state index in [0.29, 0.717) is 25.6 Å². The van der Waals surface area contributed by atoms with E-state index in [9.17, 15) is 4.79 Å². The fraction of sp³-hybridized carbons (Fsp3) is 0.562. The molecule has 0 heterocycles. The maximum atomic E-state index is 12.1. The summed E-state index contributed by atoms with van der Waals surface area (Å²) in [5.41, 5.74) is 7.29. The lowest BCUT2D eigenvalue weighted by atomic mass is 10.0. The number of rotatable bonds is 9. The minimum absolute atomic E-state index is 0.0297. The Morgan fingerprint density at radius 2 is 2.10 bits per heavy atom. The number of carbonyl (C=O) groups is 1. The number of nitrogens with two attached hydrogens (primary N) is 1. The van der Waals surface area contributed by atoms with Gasteiger partial charge in [-0.25, -0.2) is 0 Å². The van der Waals surface area contributed by atoms with E-state index in [1.54, 1.807) is 0 Å². The Hall–Kier alpha value is -1.39. The van der Waals surface area contributed by atoms with E-state index in [2.05, 4.69) is 19.2 Å². The third kappa shape index (κ3) is 6.17. The predicted molar refractivity (Wildman–Crippen MR) is 81.8 cm³/mol. The first-order chi connectivity index (χ1) is 9.65. The molecule has 1 aromatic carbocycles. The van der Waals surface area contributed by atoms with E-state index in [-0.39, 0.29) is 5.91 Å². The van der Waals surface area contributed by atoms with Crippen molar-refractivity contribution in [3.05, 3.63) is 35.4 Å². The maximum Gasteiger partial charge on any atom is 0.251 e. The van der Waals surface area contributed by atoms with Crippen LogP contribution in [0.4, 0.5) is 0 Å². The molecule has 1 amide bonds. The van der Waals surface area contributed by atoms with E-state index in [4.69, 9.17) is 10.5 Å². The molecule has 112 valence electrons. The maximum absolute atomic E-state index is 12.1. The molecule has 1 aromatic rings. The first kappa shape index (κ1) is 16.7. The van der Waals surface area contributed by atoms with Crippen molar-refractivity contribution in [3.8, 4) is 0 Å². The third-order valence-corrected chi connectivity index (χ3v) is 2.88. The molecule has 0 unspecified atom stereocenters. The molecule has 0 bridgehead atoms. The third-order valence-electron chi connectivity index (χ3n) is 2.88. The standard InChI is InChI=1S/C16H26N2O2/c1-13(2)12-20-11-5-10-18-16(19)15-7-4-3-6-14(15)8-9-17/h3-4,6-7,13H,5,8-12,17H2,1-2H3,(H,18,19). The Morgan fingerprint density at radius 1 is 1.35 bits per heavy atom. The van der Waals surface area contributed by atoms with Gasteiger partial charge in [-0.05, 0) is 36.9 Å². The normalized spacial score (nSPS) is 10.8. The van der Waals surface area contributed by atoms with Crippen LogP contribution in [0.1, 0.15) is 36.2 Å². The largest absolute Gasteiger partial charge is 0.381 e. The van der Waals surface area contributed by atoms with Gasteiger partial charge in [0.2, 0.25) is 0 Å². The highest BCUT2D eigenvalue weighted by atomic mass is 16.5. The van der Waals surface area contributed by atoms with Gasteiger partial charge in [-0.1, -0.05) is 32.0 Å². The summed E-state index contributed by atoms with van der Waals surface area (Å²) in [6.45, 7) is 6.88. The van der Waals surface area contributed by atoms with Crippen molar-refractivity contribution in [2.24, 2.45) is 11.7 Å². The van der Waals surface area contributed by atoms with Crippen molar-refractivity contribution in [1.29, 1.82) is 0 Å². The fourth-order valence-electron chi connectivity index (χ4n) is 1.91. The molecule has 0 aromatic heterocycles. The highest BCUT2D eigenvalue weighted by Gasteiger charge is 2.09. The quantitative estimate of drug-likeness (QED) is 0.679. The summed E-state index contributed by atoms with van der Waals surface area (Å²) in [7, 11) is 0. The SMILES string of the molecule is CC(C)COCCCNC(=O)c1ccccc1CCN. The molecule has 0 aliphatic rings. The smallest absolute Gasteiger partial charge is 0.251 e. The molecule has 0 spiro atoms. The van der Waals surface area contributed by atoms with Crippen LogP contribution in [-0.2, 0) is 11.2 Å². The van der Waals surface area contributed by atoms with Crippen molar-refractivity contribution in [2.45, 2.75) is 26.7 Å². The fourth-order valence-corrected chi connectivity index (χ4v) is 1.91. The van der Waals surface area contributed by atoms with Gasteiger partial charge in [-0.3, -0.25) is 4.79 Å². The molecule has 0 saturated carbocycles. The van der Waals surface area contributed by atoms with Gasteiger partial charge in [-0.2, -0.15) is 0 Å². The zero-order valence-corrected chi connectivity index (χ0v) is 12.5. The minimum Gasteiger partial charge on any atom is -0.381 e. The van der Waals surface area contributed by atoms with E-state index in [1.807, 2.05) is 24.3 Å². The Morgan fingerprint density at radius 3 is 2.80 bits per heavy atom. The number of ether oxygens (including phenoxy) is 1. The van der Waals surface area contributed by atoms with E-state index in [1.165, 1.54) is 0 Å². The molecular formula is C16H26N2O2. The van der Waals surface area contributed by atoms with Gasteiger partial charge in [0.05, 0.1) is 0 Å². The molecule has 0 saturated heterocycles. The van der Waals surface area contributed by atoms with Crippen molar-refractivity contribution < 1.29 is 9.53 Å². The summed E-state index contributed by atoms with van der Waals surface area (Å²) < 4.78 is 5.48. The zero-order chi connectivity index (χ0) is 14.8. The summed E-state index contributed by atoms with van der Waals surface area (Å²) in [6, 6.07) is 7.60. The minimum atomic E-state index is -0.0297. The molecular weight excluding hydrogens is 252 g/mol. The average molecular weight is 278 g/mol. The molecule has 0 fully saturated rings. The van der Waals surface area contributed by atoms with Crippen molar-refractivity contribution >= 4 is 5.91 Å². The molecule has 20 heavy (non-hydrogen) atoms. The topological polar surface area (TPSA) is 64.3 Å². The first-order valence-electron chi connectivity index (χ1n) is 7.29. The lowest BCUT2D eigenvalue weighted by Crippen LogP contribution is -2.26. The molecule has 4 nitrogen and oxygen atoms in total. The van der Waals surface area contributed by atoms with Crippen LogP contribution >= 0.6 is 0 Å². The van der Waals surface area contributed by atoms with E-state index < -0.39 is 0 Å². The van der Waals surface area contributed by atoms with Gasteiger partial charge in [0.15, 0.2) is 0 Å². The summed E-state index contributed by atoms with van der Waals surface area (Å²) >= 11 is 0. The first-order valence-corrected chi connectivity index (χ1v) is 7.29. The van der Waals surface area contributed by atoms with Crippen molar-refractivity contribution in [1.82, 2.24) is 5.32 Å². The highest BCUT2D eigenvalue weighted by Crippen LogP contribution is 2.08. The highest BCUT2D eigenvalue weighted by molar-refractivity contribution is 5.95. The van der Waals surface area contributed by atoms with E-state index in [0.717, 1.165) is 30.6 Å². The predicted octanol–water partition coefficient (Wildman–Crippen LogP) is 1.98. The Balaban J connectivity index is 2.32. The van der Waals surface area contributed by atoms with Crippen molar-refractivity contribution in [2.75, 3.05) is 26.3 Å². The summed E-state index contributed by atoms with van der Waals surface area (Å²) in [6.07, 6.45) is 1.55. The lowest BCUT2D eigenvalue weighted by Gasteiger charge is -2.10. The van der Waals surface area contributed by atoms with Crippen molar-refractivity contribution in [3.63, 3.8) is 0 Å². The molecule has 3 N–H and O–H groups in total. The van der Waals surface area contributed by atoms with Gasteiger partial charge in [0.25, 0.3) is 5.91 Å². The molecule has 4 heteroatoms. The van der Waals surface area contributed by atoms with Gasteiger partial charge >= 0.3 is 0 Å². The lowest BCUT2D eigenvalue weighted by molar-refractivity contribution is 0.0924. The molecule has 1 rings (SSSR count). The van der Waals surface area contributed by atoms with Gasteiger partial charge < -0.3 is 15.8 Å². The van der Waals surface area contributed by atoms with E-state index >= 15 is 0 Å². The zero-order valence-electron chi connectivity index (χ0n) is 12.5. The van der Waals surface area contributed by atoms with Crippen LogP contribution < -0.4 is 11.1 Å². The Labute approximate surface area is 121 Å². The monoisotopic (exact) mass is 278 g/mol. The number of amides is 1. The van der Waals surface area contributed by atoms with Crippen LogP contribution in [0, 0.1) is 5.92 Å². The van der Waals surface area contributed by atoms with Crippen LogP contribution in [-0.4, -0.2) is 32.2 Å². The average Bonchev–Trinajstić information content (AvgIpc) is 2.43. The van der Waals surface area contributed by atoms with Crippen LogP contribution in [0.25, 0.3) is 0 Å². The summed E-state index contributed by atoms with van der Waals surface area (Å²) in [4.78, 5) is 12.1. The molecule has 0 aliphatic heterocycles. The van der Waals surface area contributed by atoms with Crippen LogP contribution in [0.2, 0.25) is 0 Å². The Bertz CT molecular complexity index is 405. The number of benzene rings is 1. The van der Waals surface area contributed by atoms with Gasteiger partial charge in [0.1, 0.15) is 0 Å².